The molecule has 0 radical (unpaired) electrons. The van der Waals surface area contributed by atoms with Crippen LogP contribution in [-0.4, -0.2) is 42.7 Å². The van der Waals surface area contributed by atoms with Gasteiger partial charge >= 0.3 is 5.97 Å². The number of phenols is 1. The molecule has 1 aliphatic heterocycles. The second-order valence-electron chi connectivity index (χ2n) is 8.07. The van der Waals surface area contributed by atoms with Crippen LogP contribution in [0.5, 0.6) is 5.75 Å². The number of likely N-dealkylation sites (tertiary alicyclic amines) is 1. The highest BCUT2D eigenvalue weighted by Gasteiger charge is 2.38. The topological polar surface area (TPSA) is 49.8 Å². The van der Waals surface area contributed by atoms with E-state index in [2.05, 4.69) is 40.7 Å². The Morgan fingerprint density at radius 2 is 2.03 bits per heavy atom. The van der Waals surface area contributed by atoms with Crippen LogP contribution in [0.25, 0.3) is 6.08 Å². The maximum Gasteiger partial charge on any atom is 0.335 e. The molecule has 2 atom stereocenters. The molecule has 4 nitrogen and oxygen atoms in total. The van der Waals surface area contributed by atoms with Crippen molar-refractivity contribution in [2.24, 2.45) is 5.92 Å². The fraction of sp³-hybridized carbons (Fsp3) is 0.375. The summed E-state index contributed by atoms with van der Waals surface area (Å²) in [5.41, 5.74) is 2.80. The Balaban J connectivity index is 1.75. The van der Waals surface area contributed by atoms with Gasteiger partial charge in [-0.25, -0.2) is 4.79 Å². The van der Waals surface area contributed by atoms with Crippen molar-refractivity contribution in [1.29, 1.82) is 0 Å². The second-order valence-corrected chi connectivity index (χ2v) is 8.98. The Hall–Kier alpha value is -2.11. The summed E-state index contributed by atoms with van der Waals surface area (Å²) in [6, 6.07) is 15.5. The van der Waals surface area contributed by atoms with Gasteiger partial charge in [-0.2, -0.15) is 0 Å². The average molecular weight is 458 g/mol. The number of carbonyl (C=O) groups is 1. The number of esters is 1. The van der Waals surface area contributed by atoms with Crippen molar-refractivity contribution in [3.63, 3.8) is 0 Å². The fourth-order valence-corrected chi connectivity index (χ4v) is 4.32. The molecule has 154 valence electrons. The lowest BCUT2D eigenvalue weighted by molar-refractivity contribution is -0.136. The first-order valence-electron chi connectivity index (χ1n) is 9.88. The molecule has 0 bridgehead atoms. The van der Waals surface area contributed by atoms with Gasteiger partial charge in [-0.3, -0.25) is 4.90 Å². The molecule has 1 saturated heterocycles. The summed E-state index contributed by atoms with van der Waals surface area (Å²) >= 11 is 3.44. The average Bonchev–Trinajstić information content (AvgIpc) is 2.71. The van der Waals surface area contributed by atoms with Crippen molar-refractivity contribution < 1.29 is 14.6 Å². The minimum absolute atomic E-state index is 0.00388. The standard InChI is InChI=1S/C24H28BrNO3/c1-17-15-26(12-11-24(17,2)20-5-4-6-22(27)14-20)16-19(23(28)29-3)13-18-7-9-21(25)10-8-18/h4-10,13-14,17,27H,11-12,15-16H2,1-3H3/b19-13+/t17-,24+/m0/s1. The van der Waals surface area contributed by atoms with Gasteiger partial charge < -0.3 is 9.84 Å². The quantitative estimate of drug-likeness (QED) is 0.506. The van der Waals surface area contributed by atoms with Crippen LogP contribution in [0, 0.1) is 5.92 Å². The van der Waals surface area contributed by atoms with Crippen LogP contribution in [-0.2, 0) is 14.9 Å². The molecule has 2 aromatic rings. The van der Waals surface area contributed by atoms with Gasteiger partial charge in [0.2, 0.25) is 0 Å². The van der Waals surface area contributed by atoms with Gasteiger partial charge in [0.25, 0.3) is 0 Å². The lowest BCUT2D eigenvalue weighted by Gasteiger charge is -2.45. The van der Waals surface area contributed by atoms with E-state index in [-0.39, 0.29) is 11.4 Å². The molecule has 1 aliphatic rings. The number of nitrogens with zero attached hydrogens (tertiary/aromatic N) is 1. The number of carbonyl (C=O) groups excluding carboxylic acids is 1. The number of rotatable bonds is 5. The van der Waals surface area contributed by atoms with E-state index in [0.29, 0.717) is 23.8 Å². The number of hydrogen-bond acceptors (Lipinski definition) is 4. The highest BCUT2D eigenvalue weighted by Crippen LogP contribution is 2.40. The predicted molar refractivity (Wildman–Crippen MR) is 120 cm³/mol. The number of ether oxygens (including phenoxy) is 1. The molecular weight excluding hydrogens is 430 g/mol. The third-order valence-corrected chi connectivity index (χ3v) is 6.65. The van der Waals surface area contributed by atoms with Gasteiger partial charge in [0.05, 0.1) is 12.7 Å². The van der Waals surface area contributed by atoms with E-state index < -0.39 is 0 Å². The highest BCUT2D eigenvalue weighted by atomic mass is 79.9. The third-order valence-electron chi connectivity index (χ3n) is 6.13. The number of methoxy groups -OCH3 is 1. The molecule has 3 rings (SSSR count). The smallest absolute Gasteiger partial charge is 0.335 e. The summed E-state index contributed by atoms with van der Waals surface area (Å²) in [6.45, 7) is 6.82. The van der Waals surface area contributed by atoms with Crippen molar-refractivity contribution in [2.45, 2.75) is 25.7 Å². The van der Waals surface area contributed by atoms with E-state index in [1.165, 1.54) is 12.7 Å². The molecule has 1 heterocycles. The summed E-state index contributed by atoms with van der Waals surface area (Å²) < 4.78 is 6.03. The van der Waals surface area contributed by atoms with Gasteiger partial charge in [-0.05, 0) is 65.8 Å². The maximum absolute atomic E-state index is 12.4. The maximum atomic E-state index is 12.4. The van der Waals surface area contributed by atoms with E-state index in [9.17, 15) is 9.90 Å². The first-order chi connectivity index (χ1) is 13.8. The minimum Gasteiger partial charge on any atom is -0.508 e. The van der Waals surface area contributed by atoms with Gasteiger partial charge in [-0.1, -0.05) is 54.0 Å². The van der Waals surface area contributed by atoms with Crippen LogP contribution in [0.3, 0.4) is 0 Å². The van der Waals surface area contributed by atoms with Gasteiger partial charge in [0.15, 0.2) is 0 Å². The van der Waals surface area contributed by atoms with E-state index in [0.717, 1.165) is 29.5 Å². The van der Waals surface area contributed by atoms with Crippen LogP contribution in [0.4, 0.5) is 0 Å². The number of hydrogen-bond donors (Lipinski definition) is 1. The van der Waals surface area contributed by atoms with Crippen LogP contribution < -0.4 is 0 Å². The van der Waals surface area contributed by atoms with Crippen molar-refractivity contribution in [3.8, 4) is 5.75 Å². The monoisotopic (exact) mass is 457 g/mol. The SMILES string of the molecule is COC(=O)/C(=C/c1ccc(Br)cc1)CN1CC[C@@](C)(c2cccc(O)c2)[C@@H](C)C1. The zero-order chi connectivity index (χ0) is 21.0. The van der Waals surface area contributed by atoms with Crippen molar-refractivity contribution in [2.75, 3.05) is 26.7 Å². The molecule has 0 unspecified atom stereocenters. The van der Waals surface area contributed by atoms with E-state index >= 15 is 0 Å². The lowest BCUT2D eigenvalue weighted by atomic mass is 9.68. The summed E-state index contributed by atoms with van der Waals surface area (Å²) in [6.07, 6.45) is 2.87. The number of piperidine rings is 1. The summed E-state index contributed by atoms with van der Waals surface area (Å²) in [4.78, 5) is 14.7. The van der Waals surface area contributed by atoms with Crippen molar-refractivity contribution in [1.82, 2.24) is 4.90 Å². The van der Waals surface area contributed by atoms with Crippen LogP contribution in [0.15, 0.2) is 58.6 Å². The Morgan fingerprint density at radius 3 is 2.66 bits per heavy atom. The molecule has 2 aromatic carbocycles. The molecule has 0 aromatic heterocycles. The zero-order valence-electron chi connectivity index (χ0n) is 17.2. The molecule has 1 fully saturated rings. The predicted octanol–water partition coefficient (Wildman–Crippen LogP) is 5.01. The molecule has 5 heteroatoms. The van der Waals surface area contributed by atoms with Gasteiger partial charge in [0.1, 0.15) is 5.75 Å². The Bertz CT molecular complexity index is 893. The first-order valence-corrected chi connectivity index (χ1v) is 10.7. The molecular formula is C24H28BrNO3. The van der Waals surface area contributed by atoms with Gasteiger partial charge in [-0.15, -0.1) is 0 Å². The molecule has 0 amide bonds. The highest BCUT2D eigenvalue weighted by molar-refractivity contribution is 9.10. The molecule has 1 N–H and O–H groups in total. The lowest BCUT2D eigenvalue weighted by Crippen LogP contribution is -2.48. The third kappa shape index (κ3) is 5.09. The van der Waals surface area contributed by atoms with Crippen LogP contribution in [0.2, 0.25) is 0 Å². The summed E-state index contributed by atoms with van der Waals surface area (Å²) in [7, 11) is 1.43. The molecule has 0 spiro atoms. The van der Waals surface area contributed by atoms with Crippen molar-refractivity contribution in [3.05, 3.63) is 69.7 Å². The summed E-state index contributed by atoms with van der Waals surface area (Å²) in [5, 5.41) is 9.89. The Morgan fingerprint density at radius 1 is 1.31 bits per heavy atom. The minimum atomic E-state index is -0.290. The van der Waals surface area contributed by atoms with Gasteiger partial charge in [0, 0.05) is 17.6 Å². The Kier molecular flexibility index (Phi) is 6.81. The number of aromatic hydroxyl groups is 1. The number of benzene rings is 2. The van der Waals surface area contributed by atoms with E-state index in [1.54, 1.807) is 6.07 Å². The molecule has 0 saturated carbocycles. The second kappa shape index (κ2) is 9.14. The van der Waals surface area contributed by atoms with Crippen molar-refractivity contribution >= 4 is 28.0 Å². The van der Waals surface area contributed by atoms with Crippen LogP contribution >= 0.6 is 15.9 Å². The van der Waals surface area contributed by atoms with Crippen LogP contribution in [0.1, 0.15) is 31.4 Å². The fourth-order valence-electron chi connectivity index (χ4n) is 4.05. The molecule has 29 heavy (non-hydrogen) atoms. The zero-order valence-corrected chi connectivity index (χ0v) is 18.8. The number of halogens is 1. The van der Waals surface area contributed by atoms with E-state index in [1.807, 2.05) is 42.5 Å². The summed E-state index contributed by atoms with van der Waals surface area (Å²) in [5.74, 6) is 0.398. The Labute approximate surface area is 181 Å². The normalized spacial score (nSPS) is 23.0. The first kappa shape index (κ1) is 21.6. The number of phenolic OH excluding ortho intramolecular Hbond substituents is 1. The largest absolute Gasteiger partial charge is 0.508 e. The van der Waals surface area contributed by atoms with E-state index in [4.69, 9.17) is 4.74 Å². The molecule has 0 aliphatic carbocycles.